The average Bonchev–Trinajstić information content (AvgIpc) is 2.66. The van der Waals surface area contributed by atoms with Crippen molar-refractivity contribution >= 4 is 5.91 Å². The fraction of sp³-hybridized carbons (Fsp3) is 0.409. The molecule has 0 aliphatic heterocycles. The van der Waals surface area contributed by atoms with Gasteiger partial charge in [-0.3, -0.25) is 4.79 Å². The quantitative estimate of drug-likeness (QED) is 0.770. The minimum atomic E-state index is -0.531. The molecule has 0 unspecified atom stereocenters. The monoisotopic (exact) mass is 353 g/mol. The van der Waals surface area contributed by atoms with Crippen LogP contribution in [0.1, 0.15) is 36.5 Å². The van der Waals surface area contributed by atoms with Crippen molar-refractivity contribution in [3.63, 3.8) is 0 Å². The third-order valence-corrected chi connectivity index (χ3v) is 4.69. The lowest BCUT2D eigenvalue weighted by molar-refractivity contribution is -0.127. The van der Waals surface area contributed by atoms with Gasteiger partial charge in [-0.1, -0.05) is 23.8 Å². The molecule has 1 N–H and O–H groups in total. The average molecular weight is 353 g/mol. The van der Waals surface area contributed by atoms with Crippen LogP contribution in [0.3, 0.4) is 0 Å². The number of carbonyl (C=O) groups excluding carboxylic acids is 1. The van der Waals surface area contributed by atoms with E-state index in [0.717, 1.165) is 24.3 Å². The Bertz CT molecular complexity index is 740. The standard InChI is InChI=1S/C22H27NO3/c1-16-7-10-20(11-8-16)25-14-13-23-22(24)17(2)26-21-12-9-18-5-3-4-6-19(18)15-21/h7-12,15,17H,3-6,13-14H2,1-2H3,(H,23,24)/t17-/m1/s1. The van der Waals surface area contributed by atoms with Gasteiger partial charge in [0.2, 0.25) is 0 Å². The van der Waals surface area contributed by atoms with Crippen LogP contribution >= 0.6 is 0 Å². The summed E-state index contributed by atoms with van der Waals surface area (Å²) in [7, 11) is 0. The first kappa shape index (κ1) is 18.3. The van der Waals surface area contributed by atoms with Crippen molar-refractivity contribution < 1.29 is 14.3 Å². The van der Waals surface area contributed by atoms with Gasteiger partial charge in [-0.2, -0.15) is 0 Å². The minimum absolute atomic E-state index is 0.129. The molecule has 0 radical (unpaired) electrons. The van der Waals surface area contributed by atoms with Crippen molar-refractivity contribution in [2.45, 2.75) is 45.6 Å². The Morgan fingerprint density at radius 2 is 1.73 bits per heavy atom. The zero-order valence-corrected chi connectivity index (χ0v) is 15.6. The highest BCUT2D eigenvalue weighted by Crippen LogP contribution is 2.25. The highest BCUT2D eigenvalue weighted by atomic mass is 16.5. The Morgan fingerprint density at radius 3 is 2.50 bits per heavy atom. The van der Waals surface area contributed by atoms with E-state index in [1.807, 2.05) is 37.3 Å². The van der Waals surface area contributed by atoms with Gasteiger partial charge in [-0.25, -0.2) is 0 Å². The maximum absolute atomic E-state index is 12.2. The molecule has 0 bridgehead atoms. The molecule has 0 saturated carbocycles. The molecule has 1 aliphatic rings. The summed E-state index contributed by atoms with van der Waals surface area (Å²) in [5.41, 5.74) is 3.96. The molecular weight excluding hydrogens is 326 g/mol. The van der Waals surface area contributed by atoms with Gasteiger partial charge >= 0.3 is 0 Å². The van der Waals surface area contributed by atoms with E-state index in [2.05, 4.69) is 17.4 Å². The molecule has 0 heterocycles. The maximum Gasteiger partial charge on any atom is 0.260 e. The third kappa shape index (κ3) is 5.01. The molecular formula is C22H27NO3. The molecule has 138 valence electrons. The summed E-state index contributed by atoms with van der Waals surface area (Å²) in [5.74, 6) is 1.45. The fourth-order valence-corrected chi connectivity index (χ4v) is 3.16. The highest BCUT2D eigenvalue weighted by Gasteiger charge is 2.16. The number of rotatable bonds is 7. The van der Waals surface area contributed by atoms with E-state index in [-0.39, 0.29) is 5.91 Å². The molecule has 2 aromatic rings. The van der Waals surface area contributed by atoms with Gasteiger partial charge in [-0.15, -0.1) is 0 Å². The lowest BCUT2D eigenvalue weighted by Gasteiger charge is -2.19. The fourth-order valence-electron chi connectivity index (χ4n) is 3.16. The molecule has 0 fully saturated rings. The van der Waals surface area contributed by atoms with E-state index in [1.54, 1.807) is 6.92 Å². The molecule has 0 spiro atoms. The Balaban J connectivity index is 1.42. The number of benzene rings is 2. The molecule has 1 atom stereocenters. The smallest absolute Gasteiger partial charge is 0.260 e. The van der Waals surface area contributed by atoms with Gasteiger partial charge in [0, 0.05) is 0 Å². The minimum Gasteiger partial charge on any atom is -0.492 e. The number of fused-ring (bicyclic) bond motifs is 1. The van der Waals surface area contributed by atoms with Crippen LogP contribution in [-0.4, -0.2) is 25.2 Å². The Kier molecular flexibility index (Phi) is 6.16. The van der Waals surface area contributed by atoms with E-state index in [4.69, 9.17) is 9.47 Å². The summed E-state index contributed by atoms with van der Waals surface area (Å²) in [6.45, 7) is 4.69. The maximum atomic E-state index is 12.2. The molecule has 1 aliphatic carbocycles. The van der Waals surface area contributed by atoms with Crippen LogP contribution in [0.4, 0.5) is 0 Å². The molecule has 4 heteroatoms. The number of ether oxygens (including phenoxy) is 2. The first-order chi connectivity index (χ1) is 12.6. The van der Waals surface area contributed by atoms with Gasteiger partial charge in [0.05, 0.1) is 6.54 Å². The molecule has 26 heavy (non-hydrogen) atoms. The first-order valence-corrected chi connectivity index (χ1v) is 9.37. The molecule has 0 aromatic heterocycles. The van der Waals surface area contributed by atoms with Crippen molar-refractivity contribution in [3.05, 3.63) is 59.2 Å². The van der Waals surface area contributed by atoms with Crippen LogP contribution in [-0.2, 0) is 17.6 Å². The summed E-state index contributed by atoms with van der Waals surface area (Å²) in [5, 5.41) is 2.86. The van der Waals surface area contributed by atoms with Crippen molar-refractivity contribution in [2.24, 2.45) is 0 Å². The van der Waals surface area contributed by atoms with Crippen molar-refractivity contribution in [1.29, 1.82) is 0 Å². The van der Waals surface area contributed by atoms with Gasteiger partial charge in [0.25, 0.3) is 5.91 Å². The van der Waals surface area contributed by atoms with Crippen LogP contribution in [0.25, 0.3) is 0 Å². The Hall–Kier alpha value is -2.49. The second-order valence-corrected chi connectivity index (χ2v) is 6.85. The predicted molar refractivity (Wildman–Crippen MR) is 103 cm³/mol. The summed E-state index contributed by atoms with van der Waals surface area (Å²) < 4.78 is 11.4. The number of hydrogen-bond acceptors (Lipinski definition) is 3. The molecule has 1 amide bonds. The second kappa shape index (κ2) is 8.75. The number of nitrogens with one attached hydrogen (secondary N) is 1. The number of hydrogen-bond donors (Lipinski definition) is 1. The predicted octanol–water partition coefficient (Wildman–Crippen LogP) is 3.84. The lowest BCUT2D eigenvalue weighted by atomic mass is 9.92. The SMILES string of the molecule is Cc1ccc(OCCNC(=O)[C@@H](C)Oc2ccc3c(c2)CCCC3)cc1. The van der Waals surface area contributed by atoms with Crippen LogP contribution in [0.5, 0.6) is 11.5 Å². The largest absolute Gasteiger partial charge is 0.492 e. The van der Waals surface area contributed by atoms with E-state index < -0.39 is 6.10 Å². The highest BCUT2D eigenvalue weighted by molar-refractivity contribution is 5.80. The summed E-state index contributed by atoms with van der Waals surface area (Å²) in [6, 6.07) is 14.0. The molecule has 4 nitrogen and oxygen atoms in total. The number of aryl methyl sites for hydroxylation is 3. The number of carbonyl (C=O) groups is 1. The van der Waals surface area contributed by atoms with Crippen molar-refractivity contribution in [3.8, 4) is 11.5 Å². The zero-order chi connectivity index (χ0) is 18.4. The van der Waals surface area contributed by atoms with E-state index >= 15 is 0 Å². The van der Waals surface area contributed by atoms with E-state index in [9.17, 15) is 4.79 Å². The van der Waals surface area contributed by atoms with Crippen LogP contribution < -0.4 is 14.8 Å². The van der Waals surface area contributed by atoms with Gasteiger partial charge < -0.3 is 14.8 Å². The molecule has 0 saturated heterocycles. The molecule has 3 rings (SSSR count). The summed E-state index contributed by atoms with van der Waals surface area (Å²) >= 11 is 0. The van der Waals surface area contributed by atoms with E-state index in [0.29, 0.717) is 13.2 Å². The van der Waals surface area contributed by atoms with Crippen molar-refractivity contribution in [2.75, 3.05) is 13.2 Å². The summed E-state index contributed by atoms with van der Waals surface area (Å²) in [6.07, 6.45) is 4.20. The second-order valence-electron chi connectivity index (χ2n) is 6.85. The zero-order valence-electron chi connectivity index (χ0n) is 15.6. The van der Waals surface area contributed by atoms with Gasteiger partial charge in [0.15, 0.2) is 6.10 Å². The topological polar surface area (TPSA) is 47.6 Å². The third-order valence-electron chi connectivity index (χ3n) is 4.69. The van der Waals surface area contributed by atoms with E-state index in [1.165, 1.54) is 29.5 Å². The van der Waals surface area contributed by atoms with Gasteiger partial charge in [0.1, 0.15) is 18.1 Å². The van der Waals surface area contributed by atoms with Gasteiger partial charge in [-0.05, 0) is 74.9 Å². The lowest BCUT2D eigenvalue weighted by Crippen LogP contribution is -2.38. The summed E-state index contributed by atoms with van der Waals surface area (Å²) in [4.78, 5) is 12.2. The number of amides is 1. The van der Waals surface area contributed by atoms with Crippen LogP contribution in [0.2, 0.25) is 0 Å². The van der Waals surface area contributed by atoms with Crippen LogP contribution in [0, 0.1) is 6.92 Å². The normalized spacial score (nSPS) is 14.2. The molecule has 2 aromatic carbocycles. The first-order valence-electron chi connectivity index (χ1n) is 9.37. The Morgan fingerprint density at radius 1 is 1.04 bits per heavy atom. The van der Waals surface area contributed by atoms with Crippen LogP contribution in [0.15, 0.2) is 42.5 Å². The van der Waals surface area contributed by atoms with Crippen molar-refractivity contribution in [1.82, 2.24) is 5.32 Å². The Labute approximate surface area is 155 Å².